The average molecular weight is 228 g/mol. The number of rotatable bonds is 6. The van der Waals surface area contributed by atoms with E-state index in [1.807, 2.05) is 12.1 Å². The van der Waals surface area contributed by atoms with E-state index >= 15 is 0 Å². The summed E-state index contributed by atoms with van der Waals surface area (Å²) in [7, 11) is 0. The fourth-order valence-electron chi connectivity index (χ4n) is 1.68. The van der Waals surface area contributed by atoms with Crippen molar-refractivity contribution in [2.75, 3.05) is 0 Å². The summed E-state index contributed by atoms with van der Waals surface area (Å²) in [6, 6.07) is 5.90. The molecule has 0 bridgehead atoms. The Kier molecular flexibility index (Phi) is 5.69. The van der Waals surface area contributed by atoms with E-state index in [1.54, 1.807) is 0 Å². The lowest BCUT2D eigenvalue weighted by atomic mass is 10.0. The molecule has 2 N–H and O–H groups in total. The predicted molar refractivity (Wildman–Crippen MR) is 63.3 cm³/mol. The van der Waals surface area contributed by atoms with Gasteiger partial charge < -0.3 is 5.21 Å². The Morgan fingerprint density at radius 3 is 2.80 bits per heavy atom. The number of halogens is 1. The molecule has 0 atom stereocenters. The van der Waals surface area contributed by atoms with E-state index in [0.717, 1.165) is 17.0 Å². The van der Waals surface area contributed by atoms with Crippen LogP contribution in [-0.4, -0.2) is 5.21 Å². The van der Waals surface area contributed by atoms with E-state index in [-0.39, 0.29) is 0 Å². The van der Waals surface area contributed by atoms with Gasteiger partial charge in [-0.3, -0.25) is 0 Å². The predicted octanol–water partition coefficient (Wildman–Crippen LogP) is 3.55. The minimum Gasteiger partial charge on any atom is -0.316 e. The number of hydroxylamine groups is 1. The van der Waals surface area contributed by atoms with Gasteiger partial charge >= 0.3 is 0 Å². The van der Waals surface area contributed by atoms with Crippen molar-refractivity contribution >= 4 is 11.6 Å². The summed E-state index contributed by atoms with van der Waals surface area (Å²) in [5.41, 5.74) is 4.42. The molecule has 0 amide bonds. The zero-order valence-corrected chi connectivity index (χ0v) is 9.85. The fourth-order valence-corrected chi connectivity index (χ4v) is 1.94. The van der Waals surface area contributed by atoms with Crippen LogP contribution in [0.25, 0.3) is 0 Å². The molecule has 0 radical (unpaired) electrons. The van der Waals surface area contributed by atoms with Gasteiger partial charge in [0.2, 0.25) is 0 Å². The van der Waals surface area contributed by atoms with Gasteiger partial charge in [0, 0.05) is 11.6 Å². The first-order valence-corrected chi connectivity index (χ1v) is 5.80. The molecule has 0 aromatic heterocycles. The van der Waals surface area contributed by atoms with E-state index in [9.17, 15) is 0 Å². The highest BCUT2D eigenvalue weighted by Gasteiger charge is 2.05. The molecule has 1 aromatic carbocycles. The lowest BCUT2D eigenvalue weighted by Gasteiger charge is -2.10. The molecule has 0 fully saturated rings. The van der Waals surface area contributed by atoms with Gasteiger partial charge in [0.1, 0.15) is 0 Å². The van der Waals surface area contributed by atoms with E-state index in [2.05, 4.69) is 18.5 Å². The molecule has 0 saturated heterocycles. The maximum absolute atomic E-state index is 8.73. The Morgan fingerprint density at radius 1 is 1.33 bits per heavy atom. The summed E-state index contributed by atoms with van der Waals surface area (Å²) in [5, 5.41) is 9.46. The second-order valence-electron chi connectivity index (χ2n) is 3.67. The third-order valence-electron chi connectivity index (χ3n) is 2.52. The molecule has 15 heavy (non-hydrogen) atoms. The van der Waals surface area contributed by atoms with Crippen molar-refractivity contribution in [3.8, 4) is 0 Å². The largest absolute Gasteiger partial charge is 0.316 e. The number of aryl methyl sites for hydroxylation is 1. The topological polar surface area (TPSA) is 32.3 Å². The quantitative estimate of drug-likeness (QED) is 0.576. The number of benzene rings is 1. The monoisotopic (exact) mass is 227 g/mol. The van der Waals surface area contributed by atoms with Crippen molar-refractivity contribution in [2.24, 2.45) is 0 Å². The Bertz CT molecular complexity index is 302. The van der Waals surface area contributed by atoms with Crippen LogP contribution in [0.5, 0.6) is 0 Å². The van der Waals surface area contributed by atoms with Gasteiger partial charge in [0.25, 0.3) is 0 Å². The van der Waals surface area contributed by atoms with Gasteiger partial charge in [-0.25, -0.2) is 5.48 Å². The smallest absolute Gasteiger partial charge is 0.0475 e. The van der Waals surface area contributed by atoms with Crippen LogP contribution < -0.4 is 5.48 Å². The zero-order chi connectivity index (χ0) is 11.1. The molecule has 0 aliphatic rings. The highest BCUT2D eigenvalue weighted by Crippen LogP contribution is 2.21. The Labute approximate surface area is 96.2 Å². The van der Waals surface area contributed by atoms with Crippen molar-refractivity contribution < 1.29 is 5.21 Å². The molecule has 0 spiro atoms. The summed E-state index contributed by atoms with van der Waals surface area (Å²) in [6.07, 6.45) is 4.66. The summed E-state index contributed by atoms with van der Waals surface area (Å²) < 4.78 is 0. The van der Waals surface area contributed by atoms with Gasteiger partial charge in [-0.15, -0.1) is 0 Å². The van der Waals surface area contributed by atoms with Crippen molar-refractivity contribution in [3.05, 3.63) is 34.3 Å². The normalized spacial score (nSPS) is 10.6. The van der Waals surface area contributed by atoms with Crippen LogP contribution in [0, 0.1) is 0 Å². The third kappa shape index (κ3) is 3.82. The van der Waals surface area contributed by atoms with Crippen LogP contribution in [-0.2, 0) is 13.0 Å². The lowest BCUT2D eigenvalue weighted by Crippen LogP contribution is -2.09. The molecule has 84 valence electrons. The maximum Gasteiger partial charge on any atom is 0.0475 e. The summed E-state index contributed by atoms with van der Waals surface area (Å²) in [6.45, 7) is 2.61. The van der Waals surface area contributed by atoms with E-state index in [0.29, 0.717) is 6.54 Å². The van der Waals surface area contributed by atoms with Gasteiger partial charge in [-0.05, 0) is 30.0 Å². The molecule has 0 heterocycles. The SMILES string of the molecule is CCCCCc1cccc(Cl)c1CNO. The minimum atomic E-state index is 0.418. The van der Waals surface area contributed by atoms with Gasteiger partial charge in [0.15, 0.2) is 0 Å². The van der Waals surface area contributed by atoms with E-state index in [4.69, 9.17) is 16.8 Å². The standard InChI is InChI=1S/C12H18ClNO/c1-2-3-4-6-10-7-5-8-12(13)11(10)9-14-15/h5,7-8,14-15H,2-4,6,9H2,1H3. The highest BCUT2D eigenvalue weighted by atomic mass is 35.5. The number of nitrogens with one attached hydrogen (secondary N) is 1. The summed E-state index contributed by atoms with van der Waals surface area (Å²) >= 11 is 6.07. The molecule has 2 nitrogen and oxygen atoms in total. The molecule has 0 aliphatic heterocycles. The van der Waals surface area contributed by atoms with Gasteiger partial charge in [-0.2, -0.15) is 0 Å². The first kappa shape index (κ1) is 12.5. The second-order valence-corrected chi connectivity index (χ2v) is 4.08. The summed E-state index contributed by atoms with van der Waals surface area (Å²) in [4.78, 5) is 0. The second kappa shape index (κ2) is 6.83. The van der Waals surface area contributed by atoms with Crippen LogP contribution in [0.15, 0.2) is 18.2 Å². The third-order valence-corrected chi connectivity index (χ3v) is 2.88. The number of hydrogen-bond acceptors (Lipinski definition) is 2. The molecule has 0 saturated carbocycles. The van der Waals surface area contributed by atoms with E-state index < -0.39 is 0 Å². The average Bonchev–Trinajstić information content (AvgIpc) is 2.23. The van der Waals surface area contributed by atoms with Crippen LogP contribution in [0.1, 0.15) is 37.3 Å². The van der Waals surface area contributed by atoms with Crippen LogP contribution in [0.2, 0.25) is 5.02 Å². The van der Waals surface area contributed by atoms with E-state index in [1.165, 1.54) is 24.8 Å². The molecular formula is C12H18ClNO. The fraction of sp³-hybridized carbons (Fsp3) is 0.500. The molecule has 1 aromatic rings. The molecule has 1 rings (SSSR count). The van der Waals surface area contributed by atoms with Crippen LogP contribution >= 0.6 is 11.6 Å². The van der Waals surface area contributed by atoms with Crippen molar-refractivity contribution in [1.82, 2.24) is 5.48 Å². The Balaban J connectivity index is 2.71. The minimum absolute atomic E-state index is 0.418. The highest BCUT2D eigenvalue weighted by molar-refractivity contribution is 6.31. The van der Waals surface area contributed by atoms with Crippen LogP contribution in [0.4, 0.5) is 0 Å². The van der Waals surface area contributed by atoms with Crippen molar-refractivity contribution in [3.63, 3.8) is 0 Å². The first-order valence-electron chi connectivity index (χ1n) is 5.42. The molecule has 0 unspecified atom stereocenters. The summed E-state index contributed by atoms with van der Waals surface area (Å²) in [5.74, 6) is 0. The van der Waals surface area contributed by atoms with Gasteiger partial charge in [0.05, 0.1) is 0 Å². The number of unbranched alkanes of at least 4 members (excludes halogenated alkanes) is 2. The van der Waals surface area contributed by atoms with Crippen molar-refractivity contribution in [1.29, 1.82) is 0 Å². The maximum atomic E-state index is 8.73. The van der Waals surface area contributed by atoms with Gasteiger partial charge in [-0.1, -0.05) is 43.5 Å². The number of hydrogen-bond donors (Lipinski definition) is 2. The molecular weight excluding hydrogens is 210 g/mol. The molecule has 3 heteroatoms. The molecule has 0 aliphatic carbocycles. The zero-order valence-electron chi connectivity index (χ0n) is 9.09. The Morgan fingerprint density at radius 2 is 2.13 bits per heavy atom. The van der Waals surface area contributed by atoms with Crippen molar-refractivity contribution in [2.45, 2.75) is 39.2 Å². The van der Waals surface area contributed by atoms with Crippen LogP contribution in [0.3, 0.4) is 0 Å². The Hall–Kier alpha value is -0.570. The lowest BCUT2D eigenvalue weighted by molar-refractivity contribution is 0.161. The first-order chi connectivity index (χ1) is 7.29.